The van der Waals surface area contributed by atoms with Gasteiger partial charge in [0.15, 0.2) is 5.69 Å². The van der Waals surface area contributed by atoms with Crippen molar-refractivity contribution in [3.63, 3.8) is 0 Å². The van der Waals surface area contributed by atoms with Gasteiger partial charge in [0, 0.05) is 55.6 Å². The van der Waals surface area contributed by atoms with E-state index in [1.54, 1.807) is 6.07 Å². The second kappa shape index (κ2) is 8.21. The van der Waals surface area contributed by atoms with Crippen LogP contribution in [-0.2, 0) is 4.79 Å². The zero-order valence-electron chi connectivity index (χ0n) is 16.2. The lowest BCUT2D eigenvalue weighted by atomic mass is 9.84. The minimum absolute atomic E-state index is 0.0428. The van der Waals surface area contributed by atoms with E-state index in [0.717, 1.165) is 44.3 Å². The van der Waals surface area contributed by atoms with E-state index in [-0.39, 0.29) is 48.0 Å². The van der Waals surface area contributed by atoms with Gasteiger partial charge in [0.1, 0.15) is 5.76 Å². The predicted molar refractivity (Wildman–Crippen MR) is 101 cm³/mol. The number of piperidine rings is 1. The fraction of sp³-hybridized carbons (Fsp3) is 0.750. The molecule has 1 aromatic heterocycles. The molecule has 2 heterocycles. The van der Waals surface area contributed by atoms with Gasteiger partial charge in [-0.2, -0.15) is 0 Å². The average Bonchev–Trinajstić information content (AvgIpc) is 3.44. The second-order valence-electron chi connectivity index (χ2n) is 8.60. The number of nitrogens with zero attached hydrogens (tertiary/aromatic N) is 2. The van der Waals surface area contributed by atoms with E-state index < -0.39 is 0 Å². The minimum Gasteiger partial charge on any atom is -0.396 e. The van der Waals surface area contributed by atoms with Crippen LogP contribution in [0.25, 0.3) is 0 Å². The van der Waals surface area contributed by atoms with Crippen LogP contribution >= 0.6 is 0 Å². The summed E-state index contributed by atoms with van der Waals surface area (Å²) in [5.74, 6) is 0.934. The molecule has 2 atom stereocenters. The lowest BCUT2D eigenvalue weighted by Gasteiger charge is -2.40. The van der Waals surface area contributed by atoms with Crippen LogP contribution in [0.5, 0.6) is 0 Å². The topological polar surface area (TPSA) is 122 Å². The Morgan fingerprint density at radius 1 is 1.21 bits per heavy atom. The van der Waals surface area contributed by atoms with E-state index in [1.165, 1.54) is 0 Å². The van der Waals surface area contributed by atoms with Crippen LogP contribution in [0, 0.1) is 11.8 Å². The van der Waals surface area contributed by atoms with Crippen molar-refractivity contribution < 1.29 is 19.2 Å². The first-order valence-electron chi connectivity index (χ1n) is 10.5. The van der Waals surface area contributed by atoms with Crippen molar-refractivity contribution in [3.8, 4) is 0 Å². The molecular formula is C20H30N4O4. The summed E-state index contributed by atoms with van der Waals surface area (Å²) in [6.45, 7) is 0.986. The van der Waals surface area contributed by atoms with E-state index in [4.69, 9.17) is 10.3 Å². The number of aromatic nitrogens is 1. The fourth-order valence-corrected chi connectivity index (χ4v) is 4.43. The number of carbonyl (C=O) groups is 2. The van der Waals surface area contributed by atoms with Crippen LogP contribution in [0.4, 0.5) is 0 Å². The molecule has 0 spiro atoms. The van der Waals surface area contributed by atoms with Crippen molar-refractivity contribution in [2.75, 3.05) is 19.7 Å². The maximum atomic E-state index is 12.8. The van der Waals surface area contributed by atoms with Crippen molar-refractivity contribution in [2.24, 2.45) is 17.6 Å². The van der Waals surface area contributed by atoms with Gasteiger partial charge in [0.2, 0.25) is 5.91 Å². The van der Waals surface area contributed by atoms with E-state index in [9.17, 15) is 14.7 Å². The van der Waals surface area contributed by atoms with Crippen LogP contribution in [-0.4, -0.2) is 58.8 Å². The number of aliphatic hydroxyl groups excluding tert-OH is 1. The molecule has 1 saturated heterocycles. The van der Waals surface area contributed by atoms with Crippen LogP contribution in [0.3, 0.4) is 0 Å². The van der Waals surface area contributed by atoms with Crippen molar-refractivity contribution in [1.29, 1.82) is 0 Å². The maximum Gasteiger partial charge on any atom is 0.273 e. The summed E-state index contributed by atoms with van der Waals surface area (Å²) >= 11 is 0. The van der Waals surface area contributed by atoms with E-state index >= 15 is 0 Å². The Balaban J connectivity index is 1.32. The Kier molecular flexibility index (Phi) is 5.68. The van der Waals surface area contributed by atoms with Gasteiger partial charge >= 0.3 is 0 Å². The van der Waals surface area contributed by atoms with Crippen LogP contribution < -0.4 is 11.1 Å². The number of nitrogens with two attached hydrogens (primary N) is 1. The van der Waals surface area contributed by atoms with Gasteiger partial charge in [0.05, 0.1) is 0 Å². The van der Waals surface area contributed by atoms with Gasteiger partial charge < -0.3 is 25.6 Å². The molecule has 0 unspecified atom stereocenters. The van der Waals surface area contributed by atoms with Crippen LogP contribution in [0.15, 0.2) is 10.6 Å². The first kappa shape index (κ1) is 19.4. The lowest BCUT2D eigenvalue weighted by molar-refractivity contribution is -0.139. The first-order chi connectivity index (χ1) is 13.5. The molecule has 4 N–H and O–H groups in total. The monoisotopic (exact) mass is 390 g/mol. The Morgan fingerprint density at radius 3 is 2.64 bits per heavy atom. The summed E-state index contributed by atoms with van der Waals surface area (Å²) in [4.78, 5) is 27.2. The summed E-state index contributed by atoms with van der Waals surface area (Å²) in [7, 11) is 0. The van der Waals surface area contributed by atoms with Gasteiger partial charge in [0.25, 0.3) is 5.91 Å². The summed E-state index contributed by atoms with van der Waals surface area (Å²) in [5, 5.41) is 16.7. The lowest BCUT2D eigenvalue weighted by Crippen LogP contribution is -2.54. The van der Waals surface area contributed by atoms with Crippen molar-refractivity contribution >= 4 is 11.8 Å². The molecule has 1 aromatic rings. The Hall–Kier alpha value is -1.93. The van der Waals surface area contributed by atoms with Crippen molar-refractivity contribution in [1.82, 2.24) is 15.4 Å². The zero-order chi connectivity index (χ0) is 19.7. The highest BCUT2D eigenvalue weighted by atomic mass is 16.5. The molecule has 0 bridgehead atoms. The molecule has 8 nitrogen and oxygen atoms in total. The number of nitrogens with one attached hydrogen (secondary N) is 1. The van der Waals surface area contributed by atoms with Gasteiger partial charge in [-0.25, -0.2) is 0 Å². The standard InChI is InChI=1S/C20H30N4O4/c21-15-5-3-13(4-6-15)20(27)24-8-7-16(14(10-24)11-25)22-19(26)17-9-18(28-23-17)12-1-2-12/h9,12-16,25H,1-8,10-11,21H2,(H,22,26)/t13?,14-,15?,16-/m0/s1. The Morgan fingerprint density at radius 2 is 1.96 bits per heavy atom. The molecule has 154 valence electrons. The molecule has 3 aliphatic rings. The summed E-state index contributed by atoms with van der Waals surface area (Å²) < 4.78 is 5.25. The highest BCUT2D eigenvalue weighted by Crippen LogP contribution is 2.40. The third kappa shape index (κ3) is 4.22. The molecule has 0 aromatic carbocycles. The smallest absolute Gasteiger partial charge is 0.273 e. The molecule has 4 rings (SSSR count). The second-order valence-corrected chi connectivity index (χ2v) is 8.60. The number of hydrogen-bond acceptors (Lipinski definition) is 6. The minimum atomic E-state index is -0.278. The number of likely N-dealkylation sites (tertiary alicyclic amines) is 1. The molecule has 1 aliphatic heterocycles. The molecular weight excluding hydrogens is 360 g/mol. The number of aliphatic hydroxyl groups is 1. The highest BCUT2D eigenvalue weighted by molar-refractivity contribution is 5.92. The third-order valence-corrected chi connectivity index (χ3v) is 6.46. The zero-order valence-corrected chi connectivity index (χ0v) is 16.2. The summed E-state index contributed by atoms with van der Waals surface area (Å²) in [5.41, 5.74) is 6.23. The Bertz CT molecular complexity index is 709. The molecule has 2 amide bonds. The molecule has 2 saturated carbocycles. The van der Waals surface area contributed by atoms with Crippen LogP contribution in [0.2, 0.25) is 0 Å². The number of amides is 2. The fourth-order valence-electron chi connectivity index (χ4n) is 4.43. The Labute approximate surface area is 164 Å². The SMILES string of the molecule is NC1CCC(C(=O)N2CC[C@H](NC(=O)c3cc(C4CC4)on3)[C@H](CO)C2)CC1. The average molecular weight is 390 g/mol. The molecule has 3 fully saturated rings. The van der Waals surface area contributed by atoms with E-state index in [1.807, 2.05) is 4.90 Å². The van der Waals surface area contributed by atoms with Crippen LogP contribution in [0.1, 0.15) is 67.1 Å². The number of rotatable bonds is 5. The summed E-state index contributed by atoms with van der Waals surface area (Å²) in [6, 6.07) is 1.75. The maximum absolute atomic E-state index is 12.8. The molecule has 28 heavy (non-hydrogen) atoms. The third-order valence-electron chi connectivity index (χ3n) is 6.46. The highest BCUT2D eigenvalue weighted by Gasteiger charge is 2.36. The molecule has 2 aliphatic carbocycles. The quantitative estimate of drug-likeness (QED) is 0.690. The van der Waals surface area contributed by atoms with Gasteiger partial charge in [-0.3, -0.25) is 9.59 Å². The van der Waals surface area contributed by atoms with Gasteiger partial charge in [-0.1, -0.05) is 5.16 Å². The van der Waals surface area contributed by atoms with E-state index in [2.05, 4.69) is 10.5 Å². The van der Waals surface area contributed by atoms with E-state index in [0.29, 0.717) is 25.4 Å². The first-order valence-corrected chi connectivity index (χ1v) is 10.5. The largest absolute Gasteiger partial charge is 0.396 e. The van der Waals surface area contributed by atoms with Crippen molar-refractivity contribution in [2.45, 2.75) is 62.9 Å². The summed E-state index contributed by atoms with van der Waals surface area (Å²) in [6.07, 6.45) is 6.28. The predicted octanol–water partition coefficient (Wildman–Crippen LogP) is 1.01. The number of hydrogen-bond donors (Lipinski definition) is 3. The molecule has 0 radical (unpaired) electrons. The number of carbonyl (C=O) groups excluding carboxylic acids is 2. The van der Waals surface area contributed by atoms with Gasteiger partial charge in [-0.05, 0) is 44.9 Å². The van der Waals surface area contributed by atoms with Crippen molar-refractivity contribution in [3.05, 3.63) is 17.5 Å². The molecule has 8 heteroatoms. The van der Waals surface area contributed by atoms with Gasteiger partial charge in [-0.15, -0.1) is 0 Å². The normalized spacial score (nSPS) is 30.9.